The van der Waals surface area contributed by atoms with E-state index in [0.29, 0.717) is 11.5 Å². The smallest absolute Gasteiger partial charge is 0.161 e. The van der Waals surface area contributed by atoms with E-state index in [9.17, 15) is 5.11 Å². The number of halogens is 1. The van der Waals surface area contributed by atoms with Crippen molar-refractivity contribution in [2.45, 2.75) is 51.6 Å². The molecule has 0 saturated carbocycles. The maximum Gasteiger partial charge on any atom is 0.161 e. The number of hydrogen-bond acceptors (Lipinski definition) is 3. The van der Waals surface area contributed by atoms with E-state index < -0.39 is 6.10 Å². The number of aliphatic hydroxyl groups excluding tert-OH is 1. The number of hydrogen-bond donors (Lipinski definition) is 1. The number of unbranched alkanes of at least 4 members (excludes halogenated alkanes) is 4. The van der Waals surface area contributed by atoms with Gasteiger partial charge in [-0.05, 0) is 24.1 Å². The molecule has 0 radical (unpaired) electrons. The minimum absolute atomic E-state index is 0.467. The summed E-state index contributed by atoms with van der Waals surface area (Å²) in [5, 5.41) is 10.3. The molecule has 0 aliphatic rings. The first-order valence-corrected chi connectivity index (χ1v) is 8.02. The van der Waals surface area contributed by atoms with Crippen LogP contribution >= 0.6 is 15.9 Å². The lowest BCUT2D eigenvalue weighted by molar-refractivity contribution is 0.162. The first-order valence-electron chi connectivity index (χ1n) is 7.23. The molecule has 114 valence electrons. The largest absolute Gasteiger partial charge is 0.493 e. The van der Waals surface area contributed by atoms with Crippen LogP contribution in [0.15, 0.2) is 16.6 Å². The van der Waals surface area contributed by atoms with Crippen molar-refractivity contribution in [1.29, 1.82) is 0 Å². The minimum atomic E-state index is -0.467. The summed E-state index contributed by atoms with van der Waals surface area (Å²) < 4.78 is 11.4. The summed E-state index contributed by atoms with van der Waals surface area (Å²) >= 11 is 3.49. The van der Waals surface area contributed by atoms with Gasteiger partial charge >= 0.3 is 0 Å². The van der Waals surface area contributed by atoms with Crippen molar-refractivity contribution in [2.24, 2.45) is 0 Å². The monoisotopic (exact) mass is 344 g/mol. The number of aliphatic hydroxyl groups is 1. The predicted octanol–water partition coefficient (Wildman–Crippen LogP) is 4.86. The van der Waals surface area contributed by atoms with Crippen molar-refractivity contribution < 1.29 is 14.6 Å². The summed E-state index contributed by atoms with van der Waals surface area (Å²) in [6.45, 7) is 2.20. The molecule has 0 bridgehead atoms. The fourth-order valence-electron chi connectivity index (χ4n) is 2.22. The molecule has 0 aliphatic heterocycles. The molecule has 0 aliphatic carbocycles. The lowest BCUT2D eigenvalue weighted by Gasteiger charge is -2.16. The molecule has 0 aromatic heterocycles. The zero-order valence-corrected chi connectivity index (χ0v) is 14.2. The molecule has 3 nitrogen and oxygen atoms in total. The number of ether oxygens (including phenoxy) is 2. The van der Waals surface area contributed by atoms with Crippen LogP contribution < -0.4 is 9.47 Å². The van der Waals surface area contributed by atoms with Crippen molar-refractivity contribution >= 4 is 15.9 Å². The first-order chi connectivity index (χ1) is 9.63. The quantitative estimate of drug-likeness (QED) is 0.650. The first kappa shape index (κ1) is 17.3. The molecule has 1 atom stereocenters. The van der Waals surface area contributed by atoms with Gasteiger partial charge in [0.25, 0.3) is 0 Å². The van der Waals surface area contributed by atoms with E-state index >= 15 is 0 Å². The summed E-state index contributed by atoms with van der Waals surface area (Å²) in [6, 6.07) is 3.69. The Balaban J connectivity index is 2.65. The molecule has 4 heteroatoms. The number of rotatable bonds is 9. The summed E-state index contributed by atoms with van der Waals surface area (Å²) in [4.78, 5) is 0. The molecule has 0 amide bonds. The maximum absolute atomic E-state index is 10.3. The van der Waals surface area contributed by atoms with Crippen LogP contribution in [-0.4, -0.2) is 19.3 Å². The van der Waals surface area contributed by atoms with Crippen molar-refractivity contribution in [3.05, 3.63) is 22.2 Å². The van der Waals surface area contributed by atoms with Gasteiger partial charge < -0.3 is 14.6 Å². The van der Waals surface area contributed by atoms with Crippen LogP contribution in [0.1, 0.15) is 57.1 Å². The Morgan fingerprint density at radius 2 is 1.65 bits per heavy atom. The van der Waals surface area contributed by atoms with Crippen LogP contribution in [0, 0.1) is 0 Å². The average molecular weight is 345 g/mol. The van der Waals surface area contributed by atoms with Gasteiger partial charge in [-0.15, -0.1) is 0 Å². The Morgan fingerprint density at radius 1 is 1.05 bits per heavy atom. The summed E-state index contributed by atoms with van der Waals surface area (Å²) in [5.74, 6) is 1.31. The molecule has 0 saturated heterocycles. The van der Waals surface area contributed by atoms with Gasteiger partial charge in [-0.3, -0.25) is 0 Å². The van der Waals surface area contributed by atoms with Gasteiger partial charge in [-0.2, -0.15) is 0 Å². The van der Waals surface area contributed by atoms with Crippen molar-refractivity contribution in [2.75, 3.05) is 14.2 Å². The fraction of sp³-hybridized carbons (Fsp3) is 0.625. The molecule has 1 aromatic rings. The Bertz CT molecular complexity index is 407. The van der Waals surface area contributed by atoms with E-state index in [1.165, 1.54) is 25.7 Å². The van der Waals surface area contributed by atoms with Crippen LogP contribution in [0.5, 0.6) is 11.5 Å². The summed E-state index contributed by atoms with van der Waals surface area (Å²) in [5.41, 5.74) is 0.859. The molecule has 1 rings (SSSR count). The molecule has 1 aromatic carbocycles. The summed E-state index contributed by atoms with van der Waals surface area (Å²) in [6.07, 6.45) is 6.29. The average Bonchev–Trinajstić information content (AvgIpc) is 2.46. The second kappa shape index (κ2) is 9.24. The Labute approximate surface area is 130 Å². The standard InChI is InChI=1S/C16H25BrO3/c1-4-5-6-7-8-9-14(18)12-10-15(19-2)16(20-3)11-13(12)17/h10-11,14,18H,4-9H2,1-3H3. The molecule has 20 heavy (non-hydrogen) atoms. The van der Waals surface area contributed by atoms with Gasteiger partial charge in [0, 0.05) is 4.47 Å². The van der Waals surface area contributed by atoms with Crippen molar-refractivity contribution in [1.82, 2.24) is 0 Å². The lowest BCUT2D eigenvalue weighted by atomic mass is 10.0. The van der Waals surface area contributed by atoms with Crippen LogP contribution in [-0.2, 0) is 0 Å². The molecular formula is C16H25BrO3. The molecule has 1 N–H and O–H groups in total. The maximum atomic E-state index is 10.3. The SMILES string of the molecule is CCCCCCCC(O)c1cc(OC)c(OC)cc1Br. The van der Waals surface area contributed by atoms with E-state index in [0.717, 1.165) is 22.9 Å². The minimum Gasteiger partial charge on any atom is -0.493 e. The van der Waals surface area contributed by atoms with Crippen LogP contribution in [0.4, 0.5) is 0 Å². The fourth-order valence-corrected chi connectivity index (χ4v) is 2.81. The molecular weight excluding hydrogens is 320 g/mol. The zero-order valence-electron chi connectivity index (χ0n) is 12.6. The zero-order chi connectivity index (χ0) is 15.0. The third-order valence-electron chi connectivity index (χ3n) is 3.44. The molecule has 1 unspecified atom stereocenters. The highest BCUT2D eigenvalue weighted by Gasteiger charge is 2.15. The van der Waals surface area contributed by atoms with Gasteiger partial charge in [0.2, 0.25) is 0 Å². The van der Waals surface area contributed by atoms with Gasteiger partial charge in [0.1, 0.15) is 0 Å². The van der Waals surface area contributed by atoms with Gasteiger partial charge in [0.15, 0.2) is 11.5 Å². The summed E-state index contributed by atoms with van der Waals surface area (Å²) in [7, 11) is 3.21. The third-order valence-corrected chi connectivity index (χ3v) is 4.13. The van der Waals surface area contributed by atoms with E-state index in [4.69, 9.17) is 9.47 Å². The van der Waals surface area contributed by atoms with E-state index in [-0.39, 0.29) is 0 Å². The van der Waals surface area contributed by atoms with Crippen LogP contribution in [0.2, 0.25) is 0 Å². The number of benzene rings is 1. The normalized spacial score (nSPS) is 12.2. The highest BCUT2D eigenvalue weighted by Crippen LogP contribution is 2.37. The Hall–Kier alpha value is -0.740. The van der Waals surface area contributed by atoms with Crippen LogP contribution in [0.25, 0.3) is 0 Å². The van der Waals surface area contributed by atoms with E-state index in [1.54, 1.807) is 14.2 Å². The molecule has 0 fully saturated rings. The second-order valence-electron chi connectivity index (χ2n) is 4.95. The highest BCUT2D eigenvalue weighted by atomic mass is 79.9. The Kier molecular flexibility index (Phi) is 8.00. The third kappa shape index (κ3) is 4.98. The second-order valence-corrected chi connectivity index (χ2v) is 5.80. The van der Waals surface area contributed by atoms with E-state index in [1.807, 2.05) is 12.1 Å². The molecule has 0 spiro atoms. The predicted molar refractivity (Wildman–Crippen MR) is 85.6 cm³/mol. The van der Waals surface area contributed by atoms with Gasteiger partial charge in [0.05, 0.1) is 20.3 Å². The number of methoxy groups -OCH3 is 2. The van der Waals surface area contributed by atoms with Crippen molar-refractivity contribution in [3.63, 3.8) is 0 Å². The lowest BCUT2D eigenvalue weighted by Crippen LogP contribution is -2.01. The Morgan fingerprint density at radius 3 is 2.25 bits per heavy atom. The van der Waals surface area contributed by atoms with Gasteiger partial charge in [-0.25, -0.2) is 0 Å². The van der Waals surface area contributed by atoms with Crippen molar-refractivity contribution in [3.8, 4) is 11.5 Å². The highest BCUT2D eigenvalue weighted by molar-refractivity contribution is 9.10. The van der Waals surface area contributed by atoms with Gasteiger partial charge in [-0.1, -0.05) is 55.0 Å². The van der Waals surface area contributed by atoms with Crippen LogP contribution in [0.3, 0.4) is 0 Å². The van der Waals surface area contributed by atoms with E-state index in [2.05, 4.69) is 22.9 Å². The topological polar surface area (TPSA) is 38.7 Å². The molecule has 0 heterocycles.